The number of nitrogens with one attached hydrogen (secondary N) is 1. The van der Waals surface area contributed by atoms with Crippen molar-refractivity contribution in [3.05, 3.63) is 16.6 Å². The lowest BCUT2D eigenvalue weighted by molar-refractivity contribution is -0.129. The van der Waals surface area contributed by atoms with Crippen molar-refractivity contribution < 1.29 is 4.79 Å². The van der Waals surface area contributed by atoms with Crippen LogP contribution in [-0.4, -0.2) is 17.4 Å². The van der Waals surface area contributed by atoms with Gasteiger partial charge in [0.1, 0.15) is 5.01 Å². The Bertz CT molecular complexity index is 335. The lowest BCUT2D eigenvalue weighted by Crippen LogP contribution is -2.43. The monoisotopic (exact) mass is 241 g/mol. The highest BCUT2D eigenvalue weighted by Crippen LogP contribution is 2.21. The summed E-state index contributed by atoms with van der Waals surface area (Å²) in [6.45, 7) is 6.06. The summed E-state index contributed by atoms with van der Waals surface area (Å²) in [7, 11) is 0. The molecule has 0 aliphatic carbocycles. The van der Waals surface area contributed by atoms with Gasteiger partial charge in [-0.2, -0.15) is 0 Å². The number of hydrogen-bond acceptors (Lipinski definition) is 4. The average molecular weight is 241 g/mol. The second-order valence-corrected chi connectivity index (χ2v) is 5.32. The maximum atomic E-state index is 11.9. The van der Waals surface area contributed by atoms with Crippen LogP contribution in [0.2, 0.25) is 0 Å². The summed E-state index contributed by atoms with van der Waals surface area (Å²) in [6.07, 6.45) is 2.59. The lowest BCUT2D eigenvalue weighted by Gasteiger charge is -2.24. The molecule has 1 aromatic rings. The highest BCUT2D eigenvalue weighted by Gasteiger charge is 2.28. The molecule has 1 heterocycles. The van der Waals surface area contributed by atoms with Crippen molar-refractivity contribution in [1.82, 2.24) is 10.3 Å². The number of nitrogens with two attached hydrogens (primary N) is 1. The van der Waals surface area contributed by atoms with Gasteiger partial charge in [0.25, 0.3) is 0 Å². The van der Waals surface area contributed by atoms with Gasteiger partial charge in [-0.15, -0.1) is 11.3 Å². The molecule has 1 unspecified atom stereocenters. The molecule has 1 amide bonds. The van der Waals surface area contributed by atoms with Crippen molar-refractivity contribution in [2.75, 3.05) is 6.54 Å². The first-order valence-electron chi connectivity index (χ1n) is 5.41. The van der Waals surface area contributed by atoms with Crippen LogP contribution in [0, 0.1) is 5.41 Å². The van der Waals surface area contributed by atoms with Gasteiger partial charge in [0.05, 0.1) is 11.5 Å². The Kier molecular flexibility index (Phi) is 4.44. The highest BCUT2D eigenvalue weighted by molar-refractivity contribution is 7.09. The molecule has 90 valence electrons. The number of aromatic nitrogens is 1. The second kappa shape index (κ2) is 5.41. The Morgan fingerprint density at radius 3 is 2.81 bits per heavy atom. The van der Waals surface area contributed by atoms with E-state index in [1.54, 1.807) is 17.5 Å². The number of carbonyl (C=O) groups is 1. The Labute approximate surface area is 100 Å². The largest absolute Gasteiger partial charge is 0.346 e. The van der Waals surface area contributed by atoms with Crippen molar-refractivity contribution in [3.63, 3.8) is 0 Å². The molecular formula is C11H19N3OS. The zero-order valence-electron chi connectivity index (χ0n) is 9.99. The topological polar surface area (TPSA) is 68.0 Å². The van der Waals surface area contributed by atoms with Gasteiger partial charge in [0, 0.05) is 18.1 Å². The molecule has 0 aromatic carbocycles. The number of hydrogen-bond donors (Lipinski definition) is 2. The van der Waals surface area contributed by atoms with Crippen LogP contribution < -0.4 is 11.1 Å². The van der Waals surface area contributed by atoms with E-state index >= 15 is 0 Å². The number of carbonyl (C=O) groups excluding carboxylic acids is 1. The van der Waals surface area contributed by atoms with Crippen LogP contribution >= 0.6 is 11.3 Å². The van der Waals surface area contributed by atoms with Gasteiger partial charge in [0.15, 0.2) is 0 Å². The first-order valence-corrected chi connectivity index (χ1v) is 6.29. The van der Waals surface area contributed by atoms with Crippen molar-refractivity contribution >= 4 is 17.2 Å². The smallest absolute Gasteiger partial charge is 0.227 e. The molecule has 0 fully saturated rings. The van der Waals surface area contributed by atoms with Crippen LogP contribution in [0.5, 0.6) is 0 Å². The third kappa shape index (κ3) is 3.02. The minimum Gasteiger partial charge on any atom is -0.346 e. The fourth-order valence-corrected chi connectivity index (χ4v) is 1.96. The zero-order chi connectivity index (χ0) is 12.2. The van der Waals surface area contributed by atoms with Crippen LogP contribution in [-0.2, 0) is 4.79 Å². The molecule has 0 saturated heterocycles. The van der Waals surface area contributed by atoms with E-state index in [-0.39, 0.29) is 11.9 Å². The third-order valence-electron chi connectivity index (χ3n) is 2.59. The molecule has 0 radical (unpaired) electrons. The summed E-state index contributed by atoms with van der Waals surface area (Å²) in [5.74, 6) is -0.0166. The third-order valence-corrected chi connectivity index (χ3v) is 3.48. The summed E-state index contributed by atoms with van der Waals surface area (Å²) < 4.78 is 0. The van der Waals surface area contributed by atoms with Crippen molar-refractivity contribution in [3.8, 4) is 0 Å². The van der Waals surface area contributed by atoms with Crippen molar-refractivity contribution in [2.45, 2.75) is 33.2 Å². The predicted molar refractivity (Wildman–Crippen MR) is 66.1 cm³/mol. The zero-order valence-corrected chi connectivity index (χ0v) is 10.8. The van der Waals surface area contributed by atoms with Gasteiger partial charge in [-0.3, -0.25) is 4.79 Å². The SMILES string of the molecule is CCC(NC(=O)C(C)(C)CN)c1nccs1. The lowest BCUT2D eigenvalue weighted by atomic mass is 9.92. The number of thiazole rings is 1. The fraction of sp³-hybridized carbons (Fsp3) is 0.636. The van der Waals surface area contributed by atoms with E-state index in [4.69, 9.17) is 5.73 Å². The van der Waals surface area contributed by atoms with Crippen molar-refractivity contribution in [2.24, 2.45) is 11.1 Å². The molecule has 1 aromatic heterocycles. The summed E-state index contributed by atoms with van der Waals surface area (Å²) in [5.41, 5.74) is 5.05. The van der Waals surface area contributed by atoms with Gasteiger partial charge in [-0.1, -0.05) is 6.92 Å². The van der Waals surface area contributed by atoms with Gasteiger partial charge in [-0.25, -0.2) is 4.98 Å². The van der Waals surface area contributed by atoms with Gasteiger partial charge in [0.2, 0.25) is 5.91 Å². The Hall–Kier alpha value is -0.940. The molecule has 0 saturated carbocycles. The Morgan fingerprint density at radius 2 is 2.38 bits per heavy atom. The van der Waals surface area contributed by atoms with E-state index in [2.05, 4.69) is 10.3 Å². The molecule has 16 heavy (non-hydrogen) atoms. The van der Waals surface area contributed by atoms with Crippen LogP contribution in [0.15, 0.2) is 11.6 Å². The summed E-state index contributed by atoms with van der Waals surface area (Å²) in [4.78, 5) is 16.2. The summed E-state index contributed by atoms with van der Waals surface area (Å²) in [6, 6.07) is -0.00155. The van der Waals surface area contributed by atoms with E-state index in [1.165, 1.54) is 0 Å². The molecule has 5 heteroatoms. The Balaban J connectivity index is 2.68. The van der Waals surface area contributed by atoms with Crippen LogP contribution in [0.3, 0.4) is 0 Å². The van der Waals surface area contributed by atoms with E-state index in [0.717, 1.165) is 11.4 Å². The maximum absolute atomic E-state index is 11.9. The molecular weight excluding hydrogens is 222 g/mol. The molecule has 0 aliphatic rings. The van der Waals surface area contributed by atoms with Crippen LogP contribution in [0.4, 0.5) is 0 Å². The minimum atomic E-state index is -0.523. The molecule has 4 nitrogen and oxygen atoms in total. The molecule has 0 spiro atoms. The maximum Gasteiger partial charge on any atom is 0.227 e. The molecule has 1 rings (SSSR count). The summed E-state index contributed by atoms with van der Waals surface area (Å²) in [5, 5.41) is 5.85. The minimum absolute atomic E-state index is 0.00155. The van der Waals surface area contributed by atoms with Crippen LogP contribution in [0.1, 0.15) is 38.2 Å². The van der Waals surface area contributed by atoms with Crippen LogP contribution in [0.25, 0.3) is 0 Å². The predicted octanol–water partition coefficient (Wildman–Crippen LogP) is 1.70. The second-order valence-electron chi connectivity index (χ2n) is 4.39. The van der Waals surface area contributed by atoms with E-state index < -0.39 is 5.41 Å². The van der Waals surface area contributed by atoms with Gasteiger partial charge in [-0.05, 0) is 20.3 Å². The Morgan fingerprint density at radius 1 is 1.69 bits per heavy atom. The highest BCUT2D eigenvalue weighted by atomic mass is 32.1. The van der Waals surface area contributed by atoms with Gasteiger partial charge < -0.3 is 11.1 Å². The fourth-order valence-electron chi connectivity index (χ4n) is 1.19. The standard InChI is InChI=1S/C11H19N3OS/c1-4-8(9-13-5-6-16-9)14-10(15)11(2,3)7-12/h5-6,8H,4,7,12H2,1-3H3,(H,14,15). The normalized spacial score (nSPS) is 13.5. The molecule has 1 atom stereocenters. The number of amides is 1. The van der Waals surface area contributed by atoms with E-state index in [0.29, 0.717) is 6.54 Å². The van der Waals surface area contributed by atoms with E-state index in [1.807, 2.05) is 26.2 Å². The first kappa shape index (κ1) is 13.1. The summed E-state index contributed by atoms with van der Waals surface area (Å²) >= 11 is 1.56. The van der Waals surface area contributed by atoms with Gasteiger partial charge >= 0.3 is 0 Å². The van der Waals surface area contributed by atoms with E-state index in [9.17, 15) is 4.79 Å². The first-order chi connectivity index (χ1) is 7.51. The molecule has 3 N–H and O–H groups in total. The van der Waals surface area contributed by atoms with Crippen molar-refractivity contribution in [1.29, 1.82) is 0 Å². The molecule has 0 bridgehead atoms. The number of nitrogens with zero attached hydrogens (tertiary/aromatic N) is 1. The average Bonchev–Trinajstić information content (AvgIpc) is 2.78. The molecule has 0 aliphatic heterocycles. The quantitative estimate of drug-likeness (QED) is 0.824. The number of rotatable bonds is 5.